The van der Waals surface area contributed by atoms with Gasteiger partial charge in [-0.05, 0) is 43.0 Å². The van der Waals surface area contributed by atoms with Crippen LogP contribution in [0.2, 0.25) is 0 Å². The van der Waals surface area contributed by atoms with E-state index in [0.29, 0.717) is 0 Å². The van der Waals surface area contributed by atoms with E-state index in [-0.39, 0.29) is 5.82 Å². The van der Waals surface area contributed by atoms with Crippen molar-refractivity contribution in [2.45, 2.75) is 19.3 Å². The lowest BCUT2D eigenvalue weighted by Crippen LogP contribution is -1.89. The topological polar surface area (TPSA) is 0 Å². The highest BCUT2D eigenvalue weighted by Gasteiger charge is 2.00. The van der Waals surface area contributed by atoms with Crippen LogP contribution in [0.25, 0.3) is 0 Å². The SMILES string of the molecule is Fc1ccc(Br)c(CCCCBr)c1. The van der Waals surface area contributed by atoms with Gasteiger partial charge in [0, 0.05) is 9.80 Å². The minimum atomic E-state index is -0.156. The smallest absolute Gasteiger partial charge is 0.123 e. The van der Waals surface area contributed by atoms with Crippen molar-refractivity contribution in [2.75, 3.05) is 5.33 Å². The van der Waals surface area contributed by atoms with Gasteiger partial charge >= 0.3 is 0 Å². The summed E-state index contributed by atoms with van der Waals surface area (Å²) in [5.74, 6) is -0.156. The molecular formula is C10H11Br2F. The van der Waals surface area contributed by atoms with E-state index in [1.54, 1.807) is 12.1 Å². The number of unbranched alkanes of at least 4 members (excludes halogenated alkanes) is 1. The molecule has 0 spiro atoms. The van der Waals surface area contributed by atoms with Gasteiger partial charge in [0.25, 0.3) is 0 Å². The molecule has 0 aromatic heterocycles. The molecule has 0 heterocycles. The number of benzene rings is 1. The number of rotatable bonds is 4. The fourth-order valence-electron chi connectivity index (χ4n) is 1.14. The van der Waals surface area contributed by atoms with Gasteiger partial charge < -0.3 is 0 Å². The summed E-state index contributed by atoms with van der Waals surface area (Å²) in [5, 5.41) is 1.01. The fraction of sp³-hybridized carbons (Fsp3) is 0.400. The van der Waals surface area contributed by atoms with Crippen molar-refractivity contribution in [3.05, 3.63) is 34.1 Å². The average Bonchev–Trinajstić information content (AvgIpc) is 2.11. The summed E-state index contributed by atoms with van der Waals surface area (Å²) in [4.78, 5) is 0. The second-order valence-corrected chi connectivity index (χ2v) is 4.53. The van der Waals surface area contributed by atoms with Gasteiger partial charge in [0.1, 0.15) is 5.82 Å². The fourth-order valence-corrected chi connectivity index (χ4v) is 1.99. The molecule has 0 atom stereocenters. The molecule has 0 unspecified atom stereocenters. The molecule has 0 aliphatic rings. The first-order valence-electron chi connectivity index (χ1n) is 4.24. The molecule has 0 aliphatic carbocycles. The Bertz CT molecular complexity index is 274. The zero-order chi connectivity index (χ0) is 9.68. The zero-order valence-electron chi connectivity index (χ0n) is 7.19. The van der Waals surface area contributed by atoms with Gasteiger partial charge in [-0.1, -0.05) is 31.9 Å². The van der Waals surface area contributed by atoms with Gasteiger partial charge in [0.05, 0.1) is 0 Å². The Hall–Kier alpha value is 0.110. The summed E-state index contributed by atoms with van der Waals surface area (Å²) < 4.78 is 13.8. The Morgan fingerprint density at radius 1 is 1.23 bits per heavy atom. The van der Waals surface area contributed by atoms with Crippen molar-refractivity contribution >= 4 is 31.9 Å². The summed E-state index contributed by atoms with van der Waals surface area (Å²) >= 11 is 6.77. The van der Waals surface area contributed by atoms with Crippen LogP contribution in [0.3, 0.4) is 0 Å². The van der Waals surface area contributed by atoms with Gasteiger partial charge in [0.2, 0.25) is 0 Å². The van der Waals surface area contributed by atoms with Crippen LogP contribution in [0.1, 0.15) is 18.4 Å². The van der Waals surface area contributed by atoms with E-state index in [1.165, 1.54) is 6.07 Å². The first-order chi connectivity index (χ1) is 6.24. The van der Waals surface area contributed by atoms with Crippen molar-refractivity contribution in [1.29, 1.82) is 0 Å². The van der Waals surface area contributed by atoms with Crippen molar-refractivity contribution in [1.82, 2.24) is 0 Å². The van der Waals surface area contributed by atoms with Gasteiger partial charge in [-0.15, -0.1) is 0 Å². The molecule has 72 valence electrons. The van der Waals surface area contributed by atoms with Gasteiger partial charge in [-0.2, -0.15) is 0 Å². The predicted octanol–water partition coefficient (Wildman–Crippen LogP) is 4.31. The third kappa shape index (κ3) is 3.77. The lowest BCUT2D eigenvalue weighted by molar-refractivity contribution is 0.623. The summed E-state index contributed by atoms with van der Waals surface area (Å²) in [7, 11) is 0. The molecule has 1 aromatic rings. The van der Waals surface area contributed by atoms with Crippen LogP contribution in [0.5, 0.6) is 0 Å². The van der Waals surface area contributed by atoms with Crippen molar-refractivity contribution < 1.29 is 4.39 Å². The maximum atomic E-state index is 12.8. The quantitative estimate of drug-likeness (QED) is 0.574. The molecule has 0 amide bonds. The second-order valence-electron chi connectivity index (χ2n) is 2.88. The number of alkyl halides is 1. The molecule has 3 heteroatoms. The highest BCUT2D eigenvalue weighted by molar-refractivity contribution is 9.10. The molecule has 0 N–H and O–H groups in total. The van der Waals surface area contributed by atoms with Gasteiger partial charge in [-0.3, -0.25) is 0 Å². The minimum absolute atomic E-state index is 0.156. The lowest BCUT2D eigenvalue weighted by Gasteiger charge is -2.03. The molecule has 0 bridgehead atoms. The molecule has 0 fully saturated rings. The number of halogens is 3. The van der Waals surface area contributed by atoms with Crippen LogP contribution in [0.4, 0.5) is 4.39 Å². The minimum Gasteiger partial charge on any atom is -0.207 e. The zero-order valence-corrected chi connectivity index (χ0v) is 10.4. The Kier molecular flexibility index (Phi) is 4.96. The van der Waals surface area contributed by atoms with Crippen LogP contribution in [0, 0.1) is 5.82 Å². The first kappa shape index (κ1) is 11.2. The normalized spacial score (nSPS) is 10.4. The van der Waals surface area contributed by atoms with Crippen LogP contribution in [-0.4, -0.2) is 5.33 Å². The van der Waals surface area contributed by atoms with E-state index < -0.39 is 0 Å². The summed E-state index contributed by atoms with van der Waals surface area (Å²) in [5.41, 5.74) is 1.06. The predicted molar refractivity (Wildman–Crippen MR) is 60.8 cm³/mol. The van der Waals surface area contributed by atoms with Crippen LogP contribution in [0.15, 0.2) is 22.7 Å². The van der Waals surface area contributed by atoms with E-state index in [2.05, 4.69) is 31.9 Å². The Morgan fingerprint density at radius 3 is 2.69 bits per heavy atom. The van der Waals surface area contributed by atoms with Crippen molar-refractivity contribution in [3.8, 4) is 0 Å². The van der Waals surface area contributed by atoms with Gasteiger partial charge in [-0.25, -0.2) is 4.39 Å². The molecule has 13 heavy (non-hydrogen) atoms. The molecule has 0 nitrogen and oxygen atoms in total. The highest BCUT2D eigenvalue weighted by Crippen LogP contribution is 2.19. The van der Waals surface area contributed by atoms with Gasteiger partial charge in [0.15, 0.2) is 0 Å². The standard InChI is InChI=1S/C10H11Br2F/c11-6-2-1-3-8-7-9(13)4-5-10(8)12/h4-5,7H,1-3,6H2. The first-order valence-corrected chi connectivity index (χ1v) is 6.15. The molecule has 1 rings (SSSR count). The van der Waals surface area contributed by atoms with Crippen molar-refractivity contribution in [3.63, 3.8) is 0 Å². The van der Waals surface area contributed by atoms with Crippen LogP contribution < -0.4 is 0 Å². The maximum Gasteiger partial charge on any atom is 0.123 e. The second kappa shape index (κ2) is 5.76. The number of hydrogen-bond donors (Lipinski definition) is 0. The third-order valence-corrected chi connectivity index (χ3v) is 3.17. The molecule has 0 radical (unpaired) electrons. The summed E-state index contributed by atoms with van der Waals surface area (Å²) in [6.45, 7) is 0. The molecule has 1 aromatic carbocycles. The monoisotopic (exact) mass is 308 g/mol. The Labute approximate surface area is 94.8 Å². The Morgan fingerprint density at radius 2 is 2.00 bits per heavy atom. The summed E-state index contributed by atoms with van der Waals surface area (Å²) in [6.07, 6.45) is 3.15. The maximum absolute atomic E-state index is 12.8. The van der Waals surface area contributed by atoms with E-state index >= 15 is 0 Å². The van der Waals surface area contributed by atoms with Crippen LogP contribution >= 0.6 is 31.9 Å². The Balaban J connectivity index is 2.59. The van der Waals surface area contributed by atoms with E-state index in [9.17, 15) is 4.39 Å². The highest BCUT2D eigenvalue weighted by atomic mass is 79.9. The molecule has 0 saturated carbocycles. The molecule has 0 aliphatic heterocycles. The van der Waals surface area contributed by atoms with E-state index in [0.717, 1.165) is 34.6 Å². The van der Waals surface area contributed by atoms with Crippen molar-refractivity contribution in [2.24, 2.45) is 0 Å². The number of aryl methyl sites for hydroxylation is 1. The average molecular weight is 310 g/mol. The molecule has 0 saturated heterocycles. The number of hydrogen-bond acceptors (Lipinski definition) is 0. The third-order valence-electron chi connectivity index (χ3n) is 1.84. The largest absolute Gasteiger partial charge is 0.207 e. The van der Waals surface area contributed by atoms with E-state index in [4.69, 9.17) is 0 Å². The summed E-state index contributed by atoms with van der Waals surface area (Å²) in [6, 6.07) is 4.83. The van der Waals surface area contributed by atoms with Crippen LogP contribution in [-0.2, 0) is 6.42 Å². The lowest BCUT2D eigenvalue weighted by atomic mass is 10.1. The molecular weight excluding hydrogens is 299 g/mol. The van der Waals surface area contributed by atoms with E-state index in [1.807, 2.05) is 0 Å².